The van der Waals surface area contributed by atoms with E-state index in [1.54, 1.807) is 6.07 Å². The van der Waals surface area contributed by atoms with Gasteiger partial charge in [0.25, 0.3) is 0 Å². The van der Waals surface area contributed by atoms with E-state index in [1.165, 1.54) is 0 Å². The van der Waals surface area contributed by atoms with Crippen molar-refractivity contribution >= 4 is 0 Å². The van der Waals surface area contributed by atoms with E-state index in [-0.39, 0.29) is 5.92 Å². The van der Waals surface area contributed by atoms with Crippen molar-refractivity contribution in [3.8, 4) is 12.1 Å². The van der Waals surface area contributed by atoms with Crippen LogP contribution in [-0.2, 0) is 6.42 Å². The predicted molar refractivity (Wildman–Crippen MR) is 74.4 cm³/mol. The first-order valence-electron chi connectivity index (χ1n) is 6.19. The fourth-order valence-electron chi connectivity index (χ4n) is 2.21. The van der Waals surface area contributed by atoms with E-state index in [9.17, 15) is 5.26 Å². The molecule has 0 radical (unpaired) electrons. The molecule has 0 fully saturated rings. The molecule has 19 heavy (non-hydrogen) atoms. The molecule has 0 aliphatic heterocycles. The molecular formula is C17H14N2. The second-order valence-corrected chi connectivity index (χ2v) is 4.55. The third-order valence-corrected chi connectivity index (χ3v) is 3.22. The number of hydrogen-bond donors (Lipinski definition) is 0. The van der Waals surface area contributed by atoms with Crippen LogP contribution in [0.1, 0.15) is 28.2 Å². The Labute approximate surface area is 113 Å². The quantitative estimate of drug-likeness (QED) is 0.828. The summed E-state index contributed by atoms with van der Waals surface area (Å²) >= 11 is 0. The highest BCUT2D eigenvalue weighted by Gasteiger charge is 2.13. The molecule has 2 rings (SSSR count). The smallest absolute Gasteiger partial charge is 0.0991 e. The van der Waals surface area contributed by atoms with Gasteiger partial charge >= 0.3 is 0 Å². The van der Waals surface area contributed by atoms with Gasteiger partial charge in [-0.3, -0.25) is 0 Å². The third kappa shape index (κ3) is 3.00. The summed E-state index contributed by atoms with van der Waals surface area (Å²) in [4.78, 5) is 0. The van der Waals surface area contributed by atoms with E-state index in [0.717, 1.165) is 16.7 Å². The standard InChI is InChI=1S/C17H14N2/c1-13-5-2-3-8-17(13)16(12-19)10-14-6-4-7-15(9-14)11-18/h2-9,16H,10H2,1H3. The van der Waals surface area contributed by atoms with E-state index in [0.29, 0.717) is 12.0 Å². The zero-order chi connectivity index (χ0) is 13.7. The molecule has 0 saturated carbocycles. The molecule has 0 spiro atoms. The molecule has 2 aromatic carbocycles. The molecule has 0 saturated heterocycles. The molecule has 92 valence electrons. The van der Waals surface area contributed by atoms with Gasteiger partial charge in [0.2, 0.25) is 0 Å². The van der Waals surface area contributed by atoms with Crippen molar-refractivity contribution < 1.29 is 0 Å². The summed E-state index contributed by atoms with van der Waals surface area (Å²) in [5, 5.41) is 18.3. The Kier molecular flexibility index (Phi) is 3.96. The van der Waals surface area contributed by atoms with Crippen molar-refractivity contribution in [2.75, 3.05) is 0 Å². The average Bonchev–Trinajstić information content (AvgIpc) is 2.46. The van der Waals surface area contributed by atoms with Crippen molar-refractivity contribution in [1.29, 1.82) is 10.5 Å². The molecule has 0 bridgehead atoms. The Hall–Kier alpha value is -2.58. The van der Waals surface area contributed by atoms with Gasteiger partial charge < -0.3 is 0 Å². The van der Waals surface area contributed by atoms with Crippen LogP contribution in [0.25, 0.3) is 0 Å². The van der Waals surface area contributed by atoms with Gasteiger partial charge in [0.05, 0.1) is 23.6 Å². The SMILES string of the molecule is Cc1ccccc1C(C#N)Cc1cccc(C#N)c1. The minimum absolute atomic E-state index is 0.171. The van der Waals surface area contributed by atoms with Gasteiger partial charge in [-0.1, -0.05) is 36.4 Å². The molecule has 0 aromatic heterocycles. The topological polar surface area (TPSA) is 47.6 Å². The second-order valence-electron chi connectivity index (χ2n) is 4.55. The van der Waals surface area contributed by atoms with Crippen molar-refractivity contribution in [3.63, 3.8) is 0 Å². The van der Waals surface area contributed by atoms with Crippen molar-refractivity contribution in [1.82, 2.24) is 0 Å². The summed E-state index contributed by atoms with van der Waals surface area (Å²) in [5.41, 5.74) is 3.85. The van der Waals surface area contributed by atoms with Gasteiger partial charge in [-0.05, 0) is 42.2 Å². The van der Waals surface area contributed by atoms with Crippen molar-refractivity contribution in [2.45, 2.75) is 19.3 Å². The molecule has 0 aliphatic rings. The summed E-state index contributed by atoms with van der Waals surface area (Å²) in [6.45, 7) is 2.02. The Morgan fingerprint density at radius 1 is 1.05 bits per heavy atom. The lowest BCUT2D eigenvalue weighted by molar-refractivity contribution is 0.841. The zero-order valence-electron chi connectivity index (χ0n) is 10.8. The van der Waals surface area contributed by atoms with Crippen molar-refractivity contribution in [2.24, 2.45) is 0 Å². The number of nitriles is 2. The van der Waals surface area contributed by atoms with Gasteiger partial charge in [-0.25, -0.2) is 0 Å². The van der Waals surface area contributed by atoms with E-state index in [4.69, 9.17) is 5.26 Å². The summed E-state index contributed by atoms with van der Waals surface area (Å²) in [7, 11) is 0. The lowest BCUT2D eigenvalue weighted by atomic mass is 9.90. The van der Waals surface area contributed by atoms with Crippen LogP contribution in [0.2, 0.25) is 0 Å². The molecular weight excluding hydrogens is 232 g/mol. The van der Waals surface area contributed by atoms with Crippen LogP contribution >= 0.6 is 0 Å². The van der Waals surface area contributed by atoms with Gasteiger partial charge in [0, 0.05) is 0 Å². The minimum Gasteiger partial charge on any atom is -0.198 e. The lowest BCUT2D eigenvalue weighted by Gasteiger charge is -2.12. The van der Waals surface area contributed by atoms with Crippen LogP contribution in [-0.4, -0.2) is 0 Å². The number of rotatable bonds is 3. The Balaban J connectivity index is 2.28. The Morgan fingerprint density at radius 2 is 1.84 bits per heavy atom. The summed E-state index contributed by atoms with van der Waals surface area (Å²) in [6, 6.07) is 19.9. The molecule has 2 heteroatoms. The van der Waals surface area contributed by atoms with Crippen LogP contribution in [0.3, 0.4) is 0 Å². The summed E-state index contributed by atoms with van der Waals surface area (Å²) in [6.07, 6.45) is 0.636. The number of hydrogen-bond acceptors (Lipinski definition) is 2. The molecule has 1 atom stereocenters. The maximum absolute atomic E-state index is 9.38. The molecule has 1 unspecified atom stereocenters. The van der Waals surface area contributed by atoms with Gasteiger partial charge in [0.1, 0.15) is 0 Å². The van der Waals surface area contributed by atoms with Crippen LogP contribution in [0.5, 0.6) is 0 Å². The normalized spacial score (nSPS) is 11.3. The zero-order valence-corrected chi connectivity index (χ0v) is 10.8. The van der Waals surface area contributed by atoms with E-state index in [1.807, 2.05) is 49.4 Å². The van der Waals surface area contributed by atoms with Crippen LogP contribution in [0.15, 0.2) is 48.5 Å². The molecule has 0 amide bonds. The fraction of sp³-hybridized carbons (Fsp3) is 0.176. The molecule has 0 aliphatic carbocycles. The summed E-state index contributed by atoms with van der Waals surface area (Å²) < 4.78 is 0. The second kappa shape index (κ2) is 5.85. The number of aryl methyl sites for hydroxylation is 1. The first-order chi connectivity index (χ1) is 9.24. The number of nitrogens with zero attached hydrogens (tertiary/aromatic N) is 2. The molecule has 0 heterocycles. The summed E-state index contributed by atoms with van der Waals surface area (Å²) in [5.74, 6) is -0.171. The van der Waals surface area contributed by atoms with Gasteiger partial charge in [-0.15, -0.1) is 0 Å². The van der Waals surface area contributed by atoms with Crippen LogP contribution in [0, 0.1) is 29.6 Å². The van der Waals surface area contributed by atoms with Gasteiger partial charge in [-0.2, -0.15) is 10.5 Å². The third-order valence-electron chi connectivity index (χ3n) is 3.22. The largest absolute Gasteiger partial charge is 0.198 e. The fourth-order valence-corrected chi connectivity index (χ4v) is 2.21. The van der Waals surface area contributed by atoms with E-state index in [2.05, 4.69) is 12.1 Å². The predicted octanol–water partition coefficient (Wildman–Crippen LogP) is 3.72. The monoisotopic (exact) mass is 246 g/mol. The molecule has 2 aromatic rings. The first kappa shape index (κ1) is 12.9. The van der Waals surface area contributed by atoms with E-state index < -0.39 is 0 Å². The van der Waals surface area contributed by atoms with E-state index >= 15 is 0 Å². The molecule has 0 N–H and O–H groups in total. The maximum Gasteiger partial charge on any atom is 0.0991 e. The highest BCUT2D eigenvalue weighted by Crippen LogP contribution is 2.23. The lowest BCUT2D eigenvalue weighted by Crippen LogP contribution is -2.02. The molecule has 2 nitrogen and oxygen atoms in total. The van der Waals surface area contributed by atoms with Crippen LogP contribution < -0.4 is 0 Å². The maximum atomic E-state index is 9.38. The van der Waals surface area contributed by atoms with Crippen molar-refractivity contribution in [3.05, 3.63) is 70.8 Å². The average molecular weight is 246 g/mol. The first-order valence-corrected chi connectivity index (χ1v) is 6.19. The van der Waals surface area contributed by atoms with Crippen LogP contribution in [0.4, 0.5) is 0 Å². The van der Waals surface area contributed by atoms with Gasteiger partial charge in [0.15, 0.2) is 0 Å². The highest BCUT2D eigenvalue weighted by molar-refractivity contribution is 5.37. The minimum atomic E-state index is -0.171. The Bertz CT molecular complexity index is 659. The number of benzene rings is 2. The highest BCUT2D eigenvalue weighted by atomic mass is 14.3. The Morgan fingerprint density at radius 3 is 2.53 bits per heavy atom.